The number of hydrogen-bond donors (Lipinski definition) is 1. The summed E-state index contributed by atoms with van der Waals surface area (Å²) in [6.07, 6.45) is 0.484. The van der Waals surface area contributed by atoms with Gasteiger partial charge in [-0.05, 0) is 24.0 Å². The molecule has 0 unspecified atom stereocenters. The van der Waals surface area contributed by atoms with Crippen LogP contribution in [-0.4, -0.2) is 43.2 Å². The molecule has 0 aliphatic rings. The summed E-state index contributed by atoms with van der Waals surface area (Å²) < 4.78 is 10.3. The van der Waals surface area contributed by atoms with Gasteiger partial charge >= 0.3 is 12.1 Å². The molecule has 6 heteroatoms. The smallest absolute Gasteiger partial charge is 0.410 e. The Morgan fingerprint density at radius 3 is 2.15 bits per heavy atom. The van der Waals surface area contributed by atoms with Crippen LogP contribution in [0.25, 0.3) is 0 Å². The number of aryl methyl sites for hydroxylation is 1. The van der Waals surface area contributed by atoms with Crippen LogP contribution in [-0.2, 0) is 27.3 Å². The summed E-state index contributed by atoms with van der Waals surface area (Å²) in [5, 5.41) is 0. The number of carbonyl (C=O) groups excluding carboxylic acids is 2. The molecule has 2 rings (SSSR count). The summed E-state index contributed by atoms with van der Waals surface area (Å²) in [6, 6.07) is 18.4. The number of rotatable bonds is 9. The third kappa shape index (κ3) is 6.42. The molecule has 2 aromatic rings. The molecule has 0 heterocycles. The van der Waals surface area contributed by atoms with Crippen molar-refractivity contribution in [2.24, 2.45) is 5.73 Å². The monoisotopic (exact) mass is 370 g/mol. The van der Waals surface area contributed by atoms with Crippen molar-refractivity contribution in [3.63, 3.8) is 0 Å². The molecule has 0 aliphatic carbocycles. The van der Waals surface area contributed by atoms with Gasteiger partial charge in [0.15, 0.2) is 0 Å². The number of nitrogens with two attached hydrogens (primary N) is 1. The molecule has 0 bridgehead atoms. The maximum absolute atomic E-state index is 12.6. The zero-order chi connectivity index (χ0) is 19.5. The normalized spacial score (nSPS) is 11.5. The summed E-state index contributed by atoms with van der Waals surface area (Å²) in [4.78, 5) is 26.3. The van der Waals surface area contributed by atoms with Gasteiger partial charge in [-0.1, -0.05) is 60.7 Å². The van der Waals surface area contributed by atoms with Crippen molar-refractivity contribution in [3.8, 4) is 0 Å². The highest BCUT2D eigenvalue weighted by molar-refractivity contribution is 5.81. The Balaban J connectivity index is 2.06. The van der Waals surface area contributed by atoms with Gasteiger partial charge in [0.05, 0.1) is 7.11 Å². The van der Waals surface area contributed by atoms with E-state index in [1.807, 2.05) is 60.7 Å². The van der Waals surface area contributed by atoms with Crippen LogP contribution in [0.15, 0.2) is 60.7 Å². The molecule has 0 radical (unpaired) electrons. The molecule has 0 saturated heterocycles. The molecule has 144 valence electrons. The largest absolute Gasteiger partial charge is 0.467 e. The molecule has 0 saturated carbocycles. The SMILES string of the molecule is COC(=O)[C@@H](CCc1ccccc1)N(CCN)C(=O)OCc1ccccc1. The van der Waals surface area contributed by atoms with Gasteiger partial charge in [-0.3, -0.25) is 4.90 Å². The van der Waals surface area contributed by atoms with E-state index in [1.165, 1.54) is 12.0 Å². The van der Waals surface area contributed by atoms with Crippen molar-refractivity contribution < 1.29 is 19.1 Å². The number of ether oxygens (including phenoxy) is 2. The van der Waals surface area contributed by atoms with Gasteiger partial charge in [0.1, 0.15) is 12.6 Å². The highest BCUT2D eigenvalue weighted by Gasteiger charge is 2.31. The summed E-state index contributed by atoms with van der Waals surface area (Å²) >= 11 is 0. The highest BCUT2D eigenvalue weighted by atomic mass is 16.6. The second-order valence-electron chi connectivity index (χ2n) is 6.09. The second-order valence-corrected chi connectivity index (χ2v) is 6.09. The Bertz CT molecular complexity index is 707. The first-order valence-corrected chi connectivity index (χ1v) is 8.95. The number of amides is 1. The molecule has 6 nitrogen and oxygen atoms in total. The Kier molecular flexibility index (Phi) is 8.32. The van der Waals surface area contributed by atoms with E-state index in [1.54, 1.807) is 0 Å². The maximum Gasteiger partial charge on any atom is 0.410 e. The third-order valence-corrected chi connectivity index (χ3v) is 4.21. The van der Waals surface area contributed by atoms with Crippen molar-refractivity contribution in [1.82, 2.24) is 4.90 Å². The van der Waals surface area contributed by atoms with E-state index in [9.17, 15) is 9.59 Å². The first kappa shape index (κ1) is 20.5. The van der Waals surface area contributed by atoms with Gasteiger partial charge in [-0.2, -0.15) is 0 Å². The fourth-order valence-corrected chi connectivity index (χ4v) is 2.80. The van der Waals surface area contributed by atoms with E-state index < -0.39 is 18.1 Å². The number of methoxy groups -OCH3 is 1. The lowest BCUT2D eigenvalue weighted by Gasteiger charge is -2.29. The summed E-state index contributed by atoms with van der Waals surface area (Å²) in [6.45, 7) is 0.564. The average Bonchev–Trinajstić information content (AvgIpc) is 2.72. The van der Waals surface area contributed by atoms with Gasteiger partial charge in [-0.15, -0.1) is 0 Å². The summed E-state index contributed by atoms with van der Waals surface area (Å²) in [7, 11) is 1.31. The van der Waals surface area contributed by atoms with E-state index >= 15 is 0 Å². The van der Waals surface area contributed by atoms with Crippen LogP contribution in [0.5, 0.6) is 0 Å². The Morgan fingerprint density at radius 2 is 1.59 bits per heavy atom. The van der Waals surface area contributed by atoms with Gasteiger partial charge in [-0.25, -0.2) is 9.59 Å². The molecular formula is C21H26N2O4. The summed E-state index contributed by atoms with van der Waals surface area (Å²) in [5.41, 5.74) is 7.61. The Morgan fingerprint density at radius 1 is 1.00 bits per heavy atom. The molecule has 0 spiro atoms. The quantitative estimate of drug-likeness (QED) is 0.687. The average molecular weight is 370 g/mol. The molecule has 0 fully saturated rings. The van der Waals surface area contributed by atoms with E-state index in [4.69, 9.17) is 15.2 Å². The van der Waals surface area contributed by atoms with Crippen molar-refractivity contribution in [2.45, 2.75) is 25.5 Å². The lowest BCUT2D eigenvalue weighted by Crippen LogP contribution is -2.48. The van der Waals surface area contributed by atoms with Gasteiger partial charge in [0.2, 0.25) is 0 Å². The number of esters is 1. The van der Waals surface area contributed by atoms with Gasteiger partial charge in [0, 0.05) is 13.1 Å². The van der Waals surface area contributed by atoms with Crippen LogP contribution < -0.4 is 5.73 Å². The predicted molar refractivity (Wildman–Crippen MR) is 103 cm³/mol. The molecule has 2 aromatic carbocycles. The zero-order valence-electron chi connectivity index (χ0n) is 15.5. The van der Waals surface area contributed by atoms with Crippen LogP contribution >= 0.6 is 0 Å². The maximum atomic E-state index is 12.6. The number of hydrogen-bond acceptors (Lipinski definition) is 5. The number of carbonyl (C=O) groups is 2. The van der Waals surface area contributed by atoms with Crippen molar-refractivity contribution >= 4 is 12.1 Å². The van der Waals surface area contributed by atoms with Gasteiger partial charge < -0.3 is 15.2 Å². The second kappa shape index (κ2) is 11.0. The molecule has 0 aliphatic heterocycles. The van der Waals surface area contributed by atoms with Crippen molar-refractivity contribution in [1.29, 1.82) is 0 Å². The summed E-state index contributed by atoms with van der Waals surface area (Å²) in [5.74, 6) is -0.476. The van der Waals surface area contributed by atoms with E-state index in [0.717, 1.165) is 11.1 Å². The lowest BCUT2D eigenvalue weighted by atomic mass is 10.0. The van der Waals surface area contributed by atoms with Crippen LogP contribution in [0.2, 0.25) is 0 Å². The van der Waals surface area contributed by atoms with Crippen molar-refractivity contribution in [2.75, 3.05) is 20.2 Å². The van der Waals surface area contributed by atoms with E-state index in [2.05, 4.69) is 0 Å². The molecule has 1 amide bonds. The third-order valence-electron chi connectivity index (χ3n) is 4.21. The topological polar surface area (TPSA) is 81.9 Å². The van der Waals surface area contributed by atoms with E-state index in [0.29, 0.717) is 12.8 Å². The Hall–Kier alpha value is -2.86. The van der Waals surface area contributed by atoms with Crippen LogP contribution in [0, 0.1) is 0 Å². The first-order chi connectivity index (χ1) is 13.2. The van der Waals surface area contributed by atoms with Crippen LogP contribution in [0.1, 0.15) is 17.5 Å². The molecule has 2 N–H and O–H groups in total. The van der Waals surface area contributed by atoms with Crippen LogP contribution in [0.4, 0.5) is 4.79 Å². The van der Waals surface area contributed by atoms with E-state index in [-0.39, 0.29) is 19.7 Å². The zero-order valence-corrected chi connectivity index (χ0v) is 15.5. The fourth-order valence-electron chi connectivity index (χ4n) is 2.80. The fraction of sp³-hybridized carbons (Fsp3) is 0.333. The minimum atomic E-state index is -0.748. The highest BCUT2D eigenvalue weighted by Crippen LogP contribution is 2.14. The van der Waals surface area contributed by atoms with Crippen molar-refractivity contribution in [3.05, 3.63) is 71.8 Å². The standard InChI is InChI=1S/C21H26N2O4/c1-26-20(24)19(13-12-17-8-4-2-5-9-17)23(15-14-22)21(25)27-16-18-10-6-3-7-11-18/h2-11,19H,12-16,22H2,1H3/t19-/m1/s1. The molecule has 27 heavy (non-hydrogen) atoms. The number of nitrogens with zero attached hydrogens (tertiary/aromatic N) is 1. The molecule has 0 aromatic heterocycles. The molecular weight excluding hydrogens is 344 g/mol. The van der Waals surface area contributed by atoms with Crippen LogP contribution in [0.3, 0.4) is 0 Å². The number of benzene rings is 2. The first-order valence-electron chi connectivity index (χ1n) is 8.95. The predicted octanol–water partition coefficient (Wildman–Crippen LogP) is 2.76. The minimum Gasteiger partial charge on any atom is -0.467 e. The molecule has 1 atom stereocenters. The minimum absolute atomic E-state index is 0.132. The van der Waals surface area contributed by atoms with Gasteiger partial charge in [0.25, 0.3) is 0 Å². The Labute approximate surface area is 159 Å². The lowest BCUT2D eigenvalue weighted by molar-refractivity contribution is -0.146.